The highest BCUT2D eigenvalue weighted by Gasteiger charge is 2.33. The first-order valence-corrected chi connectivity index (χ1v) is 9.57. The number of furan rings is 1. The monoisotopic (exact) mass is 342 g/mol. The Balaban J connectivity index is 2.10. The van der Waals surface area contributed by atoms with Crippen LogP contribution in [0.25, 0.3) is 0 Å². The quantitative estimate of drug-likeness (QED) is 0.822. The van der Waals surface area contributed by atoms with Crippen LogP contribution < -0.4 is 0 Å². The van der Waals surface area contributed by atoms with E-state index in [1.807, 2.05) is 19.1 Å². The Morgan fingerprint density at radius 3 is 2.65 bits per heavy atom. The van der Waals surface area contributed by atoms with Crippen LogP contribution in [0.5, 0.6) is 0 Å². The number of nitrogens with zero attached hydrogens (tertiary/aromatic N) is 2. The third-order valence-corrected chi connectivity index (χ3v) is 6.24. The lowest BCUT2D eigenvalue weighted by atomic mass is 9.91. The van der Waals surface area contributed by atoms with Gasteiger partial charge in [0.25, 0.3) is 0 Å². The number of likely N-dealkylation sites (tertiary alicyclic amines) is 1. The molecule has 0 bridgehead atoms. The number of sulfonamides is 1. The van der Waals surface area contributed by atoms with Gasteiger partial charge in [0.1, 0.15) is 11.5 Å². The molecule has 0 saturated carbocycles. The maximum atomic E-state index is 12.6. The maximum absolute atomic E-state index is 12.6. The second-order valence-corrected chi connectivity index (χ2v) is 8.83. The third-order valence-electron chi connectivity index (χ3n) is 4.40. The van der Waals surface area contributed by atoms with Crippen LogP contribution in [0.1, 0.15) is 43.7 Å². The summed E-state index contributed by atoms with van der Waals surface area (Å²) in [6.07, 6.45) is 1.78. The molecule has 7 heteroatoms. The molecule has 0 spiro atoms. The van der Waals surface area contributed by atoms with E-state index in [0.717, 1.165) is 28.7 Å². The molecule has 0 aromatic carbocycles. The molecule has 1 aliphatic rings. The number of aryl methyl sites for hydroxylation is 1. The Hall–Kier alpha value is -1.34. The molecule has 0 aliphatic carbocycles. The summed E-state index contributed by atoms with van der Waals surface area (Å²) in [6, 6.07) is 3.71. The lowest BCUT2D eigenvalue weighted by molar-refractivity contribution is -0.135. The molecule has 1 aromatic rings. The number of carbonyl (C=O) groups excluding carboxylic acids is 1. The molecule has 0 unspecified atom stereocenters. The summed E-state index contributed by atoms with van der Waals surface area (Å²) in [5.41, 5.74) is 0. The van der Waals surface area contributed by atoms with Crippen LogP contribution in [0.2, 0.25) is 0 Å². The fraction of sp³-hybridized carbons (Fsp3) is 0.688. The average molecular weight is 342 g/mol. The topological polar surface area (TPSA) is 70.8 Å². The van der Waals surface area contributed by atoms with Gasteiger partial charge in [0, 0.05) is 27.1 Å². The van der Waals surface area contributed by atoms with Crippen molar-refractivity contribution >= 4 is 15.9 Å². The summed E-state index contributed by atoms with van der Waals surface area (Å²) in [4.78, 5) is 14.3. The second-order valence-electron chi connectivity index (χ2n) is 6.53. The lowest BCUT2D eigenvalue weighted by Crippen LogP contribution is -2.41. The molecule has 23 heavy (non-hydrogen) atoms. The summed E-state index contributed by atoms with van der Waals surface area (Å²) in [5.74, 6) is 1.84. The van der Waals surface area contributed by atoms with Crippen molar-refractivity contribution in [1.82, 2.24) is 9.21 Å². The highest BCUT2D eigenvalue weighted by Crippen LogP contribution is 2.35. The number of amides is 1. The number of piperidine rings is 1. The van der Waals surface area contributed by atoms with Crippen LogP contribution in [0.15, 0.2) is 16.5 Å². The zero-order valence-electron chi connectivity index (χ0n) is 14.3. The van der Waals surface area contributed by atoms with Crippen LogP contribution in [-0.4, -0.2) is 49.9 Å². The van der Waals surface area contributed by atoms with E-state index in [0.29, 0.717) is 12.5 Å². The van der Waals surface area contributed by atoms with Crippen LogP contribution in [0.3, 0.4) is 0 Å². The smallest absolute Gasteiger partial charge is 0.224 e. The van der Waals surface area contributed by atoms with E-state index < -0.39 is 10.0 Å². The van der Waals surface area contributed by atoms with E-state index in [1.54, 1.807) is 4.90 Å². The van der Waals surface area contributed by atoms with Crippen LogP contribution in [0, 0.1) is 12.8 Å². The number of hydrogen-bond acceptors (Lipinski definition) is 4. The van der Waals surface area contributed by atoms with E-state index >= 15 is 0 Å². The molecule has 2 heterocycles. The molecular formula is C16H26N2O4S. The predicted octanol–water partition coefficient (Wildman–Crippen LogP) is 2.17. The van der Waals surface area contributed by atoms with Crippen LogP contribution in [-0.2, 0) is 14.8 Å². The minimum Gasteiger partial charge on any atom is -0.464 e. The standard InChI is InChI=1S/C16H26N2O4S/c1-12-7-9-18(14(11-12)15-6-5-13(2)22-15)16(19)8-10-23(20,21)17(3)4/h5-6,12,14H,7-11H2,1-4H3/t12-,14+/m0/s1. The molecular weight excluding hydrogens is 316 g/mol. The highest BCUT2D eigenvalue weighted by molar-refractivity contribution is 7.89. The minimum atomic E-state index is -3.36. The summed E-state index contributed by atoms with van der Waals surface area (Å²) >= 11 is 0. The molecule has 130 valence electrons. The Morgan fingerprint density at radius 1 is 1.39 bits per heavy atom. The Kier molecular flexibility index (Phi) is 5.52. The summed E-state index contributed by atoms with van der Waals surface area (Å²) in [7, 11) is -0.392. The number of hydrogen-bond donors (Lipinski definition) is 0. The highest BCUT2D eigenvalue weighted by atomic mass is 32.2. The Morgan fingerprint density at radius 2 is 2.09 bits per heavy atom. The predicted molar refractivity (Wildman–Crippen MR) is 88.4 cm³/mol. The van der Waals surface area contributed by atoms with E-state index in [9.17, 15) is 13.2 Å². The maximum Gasteiger partial charge on any atom is 0.224 e. The van der Waals surface area contributed by atoms with Crippen molar-refractivity contribution in [3.05, 3.63) is 23.7 Å². The number of rotatable bonds is 5. The van der Waals surface area contributed by atoms with Crippen molar-refractivity contribution in [2.45, 2.75) is 39.2 Å². The normalized spacial score (nSPS) is 22.6. The van der Waals surface area contributed by atoms with Crippen molar-refractivity contribution in [3.63, 3.8) is 0 Å². The fourth-order valence-corrected chi connectivity index (χ4v) is 3.68. The van der Waals surface area contributed by atoms with Crippen molar-refractivity contribution < 1.29 is 17.6 Å². The first-order valence-electron chi connectivity index (χ1n) is 7.96. The molecule has 1 aromatic heterocycles. The van der Waals surface area contributed by atoms with Gasteiger partial charge in [-0.3, -0.25) is 4.79 Å². The molecule has 1 fully saturated rings. The summed E-state index contributed by atoms with van der Waals surface area (Å²) in [5, 5.41) is 0. The van der Waals surface area contributed by atoms with E-state index in [4.69, 9.17) is 4.42 Å². The van der Waals surface area contributed by atoms with Gasteiger partial charge in [-0.05, 0) is 37.8 Å². The van der Waals surface area contributed by atoms with Gasteiger partial charge in [0.2, 0.25) is 15.9 Å². The zero-order chi connectivity index (χ0) is 17.2. The van der Waals surface area contributed by atoms with Gasteiger partial charge in [-0.1, -0.05) is 6.92 Å². The van der Waals surface area contributed by atoms with Gasteiger partial charge in [-0.15, -0.1) is 0 Å². The van der Waals surface area contributed by atoms with Crippen molar-refractivity contribution in [2.24, 2.45) is 5.92 Å². The van der Waals surface area contributed by atoms with Gasteiger partial charge < -0.3 is 9.32 Å². The molecule has 1 amide bonds. The SMILES string of the molecule is Cc1ccc([C@H]2C[C@@H](C)CCN2C(=O)CCS(=O)(=O)N(C)C)o1. The molecule has 6 nitrogen and oxygen atoms in total. The molecule has 0 radical (unpaired) electrons. The van der Waals surface area contributed by atoms with Gasteiger partial charge in [-0.2, -0.15) is 0 Å². The molecule has 2 rings (SSSR count). The molecule has 1 saturated heterocycles. The molecule has 1 aliphatic heterocycles. The Bertz CT molecular complexity index is 651. The van der Waals surface area contributed by atoms with E-state index in [1.165, 1.54) is 14.1 Å². The zero-order valence-corrected chi connectivity index (χ0v) is 15.1. The average Bonchev–Trinajstić information content (AvgIpc) is 2.91. The van der Waals surface area contributed by atoms with Crippen molar-refractivity contribution in [3.8, 4) is 0 Å². The molecule has 0 N–H and O–H groups in total. The molecule has 2 atom stereocenters. The largest absolute Gasteiger partial charge is 0.464 e. The fourth-order valence-electron chi connectivity index (χ4n) is 2.88. The first kappa shape index (κ1) is 18.0. The number of carbonyl (C=O) groups is 1. The van der Waals surface area contributed by atoms with Crippen molar-refractivity contribution in [1.29, 1.82) is 0 Å². The van der Waals surface area contributed by atoms with Gasteiger partial charge in [-0.25, -0.2) is 12.7 Å². The third kappa shape index (κ3) is 4.35. The van der Waals surface area contributed by atoms with Crippen molar-refractivity contribution in [2.75, 3.05) is 26.4 Å². The first-order chi connectivity index (χ1) is 10.7. The van der Waals surface area contributed by atoms with Crippen LogP contribution in [0.4, 0.5) is 0 Å². The Labute approximate surface area is 138 Å². The lowest BCUT2D eigenvalue weighted by Gasteiger charge is -2.37. The van der Waals surface area contributed by atoms with Crippen LogP contribution >= 0.6 is 0 Å². The van der Waals surface area contributed by atoms with E-state index in [-0.39, 0.29) is 24.1 Å². The van der Waals surface area contributed by atoms with Gasteiger partial charge in [0.05, 0.1) is 11.8 Å². The van der Waals surface area contributed by atoms with E-state index in [2.05, 4.69) is 6.92 Å². The second kappa shape index (κ2) is 7.05. The summed E-state index contributed by atoms with van der Waals surface area (Å²) in [6.45, 7) is 4.69. The minimum absolute atomic E-state index is 0.00504. The summed E-state index contributed by atoms with van der Waals surface area (Å²) < 4.78 is 30.6. The van der Waals surface area contributed by atoms with Gasteiger partial charge >= 0.3 is 0 Å². The van der Waals surface area contributed by atoms with Gasteiger partial charge in [0.15, 0.2) is 0 Å².